The van der Waals surface area contributed by atoms with Crippen molar-refractivity contribution in [3.05, 3.63) is 65.7 Å². The second kappa shape index (κ2) is 10.3. The van der Waals surface area contributed by atoms with E-state index in [9.17, 15) is 13.2 Å². The first-order chi connectivity index (χ1) is 15.2. The Morgan fingerprint density at radius 3 is 2.31 bits per heavy atom. The quantitative estimate of drug-likeness (QED) is 0.614. The number of rotatable bonds is 8. The van der Waals surface area contributed by atoms with E-state index in [-0.39, 0.29) is 4.90 Å². The maximum atomic E-state index is 13.1. The molecule has 1 aliphatic rings. The van der Waals surface area contributed by atoms with Crippen LogP contribution in [0.25, 0.3) is 5.57 Å². The Labute approximate surface area is 190 Å². The van der Waals surface area contributed by atoms with Crippen LogP contribution in [0.3, 0.4) is 0 Å². The predicted octanol–water partition coefficient (Wildman–Crippen LogP) is 2.79. The van der Waals surface area contributed by atoms with Crippen LogP contribution in [0.15, 0.2) is 59.5 Å². The van der Waals surface area contributed by atoms with Gasteiger partial charge in [-0.3, -0.25) is 0 Å². The van der Waals surface area contributed by atoms with Crippen LogP contribution < -0.4 is 4.90 Å². The molecule has 1 saturated heterocycles. The van der Waals surface area contributed by atoms with E-state index in [1.807, 2.05) is 14.1 Å². The van der Waals surface area contributed by atoms with Crippen LogP contribution in [0, 0.1) is 0 Å². The lowest BCUT2D eigenvalue weighted by atomic mass is 10.1. The molecule has 0 aliphatic carbocycles. The van der Waals surface area contributed by atoms with E-state index in [1.165, 1.54) is 15.6 Å². The second-order valence-electron chi connectivity index (χ2n) is 8.25. The SMILES string of the molecule is C/C(=C\C(=O)O)c1cccc(S(=O)(=O)N2CCN(CCc3ccc(N(C)C)cc3)CC2)c1. The average molecular weight is 458 g/mol. The van der Waals surface area contributed by atoms with E-state index in [4.69, 9.17) is 5.11 Å². The van der Waals surface area contributed by atoms with Crippen LogP contribution in [0.2, 0.25) is 0 Å². The summed E-state index contributed by atoms with van der Waals surface area (Å²) in [5, 5.41) is 8.94. The highest BCUT2D eigenvalue weighted by atomic mass is 32.2. The van der Waals surface area contributed by atoms with Crippen LogP contribution in [-0.2, 0) is 21.2 Å². The highest BCUT2D eigenvalue weighted by Gasteiger charge is 2.28. The first-order valence-electron chi connectivity index (χ1n) is 10.7. The minimum absolute atomic E-state index is 0.197. The number of anilines is 1. The molecular weight excluding hydrogens is 426 g/mol. The van der Waals surface area contributed by atoms with E-state index in [1.54, 1.807) is 31.2 Å². The Hall–Kier alpha value is -2.68. The number of hydrogen-bond acceptors (Lipinski definition) is 5. The number of nitrogens with zero attached hydrogens (tertiary/aromatic N) is 3. The summed E-state index contributed by atoms with van der Waals surface area (Å²) in [7, 11) is 0.418. The summed E-state index contributed by atoms with van der Waals surface area (Å²) in [4.78, 5) is 15.5. The first-order valence-corrected chi connectivity index (χ1v) is 12.1. The van der Waals surface area contributed by atoms with Gasteiger partial charge in [0.2, 0.25) is 10.0 Å². The third-order valence-corrected chi connectivity index (χ3v) is 7.66. The van der Waals surface area contributed by atoms with Crippen molar-refractivity contribution in [1.82, 2.24) is 9.21 Å². The van der Waals surface area contributed by atoms with Crippen molar-refractivity contribution in [1.29, 1.82) is 0 Å². The molecule has 0 bridgehead atoms. The van der Waals surface area contributed by atoms with Gasteiger partial charge >= 0.3 is 5.97 Å². The maximum Gasteiger partial charge on any atom is 0.328 e. The first kappa shape index (κ1) is 24.0. The Balaban J connectivity index is 1.59. The van der Waals surface area contributed by atoms with Crippen LogP contribution in [0.4, 0.5) is 5.69 Å². The van der Waals surface area contributed by atoms with E-state index in [0.29, 0.717) is 37.3 Å². The molecule has 0 saturated carbocycles. The lowest BCUT2D eigenvalue weighted by Crippen LogP contribution is -2.49. The molecule has 7 nitrogen and oxygen atoms in total. The molecule has 0 amide bonds. The number of carboxylic acids is 1. The van der Waals surface area contributed by atoms with Crippen molar-refractivity contribution < 1.29 is 18.3 Å². The molecule has 2 aromatic rings. The lowest BCUT2D eigenvalue weighted by molar-refractivity contribution is -0.131. The molecule has 1 fully saturated rings. The van der Waals surface area contributed by atoms with Gasteiger partial charge in [-0.05, 0) is 54.3 Å². The number of carboxylic acid groups (broad SMARTS) is 1. The molecule has 0 radical (unpaired) electrons. The fourth-order valence-electron chi connectivity index (χ4n) is 3.76. The topological polar surface area (TPSA) is 81.2 Å². The smallest absolute Gasteiger partial charge is 0.328 e. The summed E-state index contributed by atoms with van der Waals surface area (Å²) >= 11 is 0. The number of allylic oxidation sites excluding steroid dienone is 1. The van der Waals surface area contributed by atoms with Gasteiger partial charge in [0.25, 0.3) is 0 Å². The summed E-state index contributed by atoms with van der Waals surface area (Å²) in [6.07, 6.45) is 2.01. The number of benzene rings is 2. The Morgan fingerprint density at radius 2 is 1.72 bits per heavy atom. The maximum absolute atomic E-state index is 13.1. The molecule has 172 valence electrons. The van der Waals surface area contributed by atoms with E-state index in [2.05, 4.69) is 34.1 Å². The van der Waals surface area contributed by atoms with Crippen LogP contribution in [0.1, 0.15) is 18.1 Å². The number of hydrogen-bond donors (Lipinski definition) is 1. The van der Waals surface area contributed by atoms with Gasteiger partial charge in [0, 0.05) is 58.6 Å². The molecule has 0 aromatic heterocycles. The predicted molar refractivity (Wildman–Crippen MR) is 127 cm³/mol. The number of sulfonamides is 1. The normalized spacial score (nSPS) is 16.2. The Kier molecular flexibility index (Phi) is 7.71. The standard InChI is InChI=1S/C24H31N3O4S/c1-19(17-24(28)29)21-5-4-6-23(18-21)32(30,31)27-15-13-26(14-16-27)12-11-20-7-9-22(10-8-20)25(2)3/h4-10,17-18H,11-16H2,1-3H3,(H,28,29)/b19-17+. The van der Waals surface area contributed by atoms with Crippen molar-refractivity contribution in [2.24, 2.45) is 0 Å². The highest BCUT2D eigenvalue weighted by molar-refractivity contribution is 7.89. The van der Waals surface area contributed by atoms with Gasteiger partial charge in [0.15, 0.2) is 0 Å². The highest BCUT2D eigenvalue weighted by Crippen LogP contribution is 2.22. The zero-order valence-corrected chi connectivity index (χ0v) is 19.7. The van der Waals surface area contributed by atoms with Crippen molar-refractivity contribution in [3.8, 4) is 0 Å². The lowest BCUT2D eigenvalue weighted by Gasteiger charge is -2.34. The van der Waals surface area contributed by atoms with Crippen LogP contribution in [0.5, 0.6) is 0 Å². The number of piperazine rings is 1. The molecule has 1 aliphatic heterocycles. The summed E-state index contributed by atoms with van der Waals surface area (Å²) in [6, 6.07) is 15.0. The van der Waals surface area contributed by atoms with Gasteiger partial charge in [-0.15, -0.1) is 0 Å². The third-order valence-electron chi connectivity index (χ3n) is 5.77. The number of aliphatic carboxylic acids is 1. The monoisotopic (exact) mass is 457 g/mol. The number of carbonyl (C=O) groups is 1. The third kappa shape index (κ3) is 5.97. The summed E-state index contributed by atoms with van der Waals surface area (Å²) in [5.41, 5.74) is 3.54. The molecule has 8 heteroatoms. The molecule has 0 atom stereocenters. The summed E-state index contributed by atoms with van der Waals surface area (Å²) in [5.74, 6) is -1.06. The van der Waals surface area contributed by atoms with E-state index in [0.717, 1.165) is 19.0 Å². The minimum Gasteiger partial charge on any atom is -0.478 e. The fraction of sp³-hybridized carbons (Fsp3) is 0.375. The molecule has 3 rings (SSSR count). The van der Waals surface area contributed by atoms with E-state index < -0.39 is 16.0 Å². The van der Waals surface area contributed by atoms with Gasteiger partial charge < -0.3 is 14.9 Å². The molecule has 1 heterocycles. The fourth-order valence-corrected chi connectivity index (χ4v) is 5.23. The van der Waals surface area contributed by atoms with Crippen molar-refractivity contribution in [2.45, 2.75) is 18.2 Å². The zero-order valence-electron chi connectivity index (χ0n) is 18.9. The zero-order chi connectivity index (χ0) is 23.3. The molecule has 2 aromatic carbocycles. The van der Waals surface area contributed by atoms with Crippen molar-refractivity contribution >= 4 is 27.3 Å². The molecular formula is C24H31N3O4S. The van der Waals surface area contributed by atoms with Gasteiger partial charge in [-0.1, -0.05) is 24.3 Å². The van der Waals surface area contributed by atoms with Gasteiger partial charge in [-0.2, -0.15) is 4.31 Å². The van der Waals surface area contributed by atoms with Crippen molar-refractivity contribution in [3.63, 3.8) is 0 Å². The second-order valence-corrected chi connectivity index (χ2v) is 10.2. The van der Waals surface area contributed by atoms with Crippen molar-refractivity contribution in [2.75, 3.05) is 51.7 Å². The largest absolute Gasteiger partial charge is 0.478 e. The Bertz CT molecular complexity index is 1070. The Morgan fingerprint density at radius 1 is 1.06 bits per heavy atom. The molecule has 1 N–H and O–H groups in total. The minimum atomic E-state index is -3.62. The molecule has 0 spiro atoms. The van der Waals surface area contributed by atoms with Gasteiger partial charge in [-0.25, -0.2) is 13.2 Å². The van der Waals surface area contributed by atoms with Gasteiger partial charge in [0.1, 0.15) is 0 Å². The van der Waals surface area contributed by atoms with E-state index >= 15 is 0 Å². The average Bonchev–Trinajstić information content (AvgIpc) is 2.78. The summed E-state index contributed by atoms with van der Waals surface area (Å²) in [6.45, 7) is 4.81. The van der Waals surface area contributed by atoms with Crippen LogP contribution >= 0.6 is 0 Å². The summed E-state index contributed by atoms with van der Waals surface area (Å²) < 4.78 is 27.8. The van der Waals surface area contributed by atoms with Gasteiger partial charge in [0.05, 0.1) is 4.90 Å². The van der Waals surface area contributed by atoms with Crippen LogP contribution in [-0.4, -0.2) is 75.5 Å². The molecule has 0 unspecified atom stereocenters. The molecule has 32 heavy (non-hydrogen) atoms.